The van der Waals surface area contributed by atoms with E-state index in [1.165, 1.54) is 10.5 Å². The minimum Gasteiger partial charge on any atom is -0.633 e. The zero-order valence-corrected chi connectivity index (χ0v) is 17.5. The fourth-order valence-corrected chi connectivity index (χ4v) is 5.26. The third kappa shape index (κ3) is 4.69. The van der Waals surface area contributed by atoms with Gasteiger partial charge < -0.3 is 19.6 Å². The van der Waals surface area contributed by atoms with Crippen molar-refractivity contribution in [2.45, 2.75) is 22.7 Å². The number of para-hydroxylation sites is 2. The molecule has 0 unspecified atom stereocenters. The highest BCUT2D eigenvalue weighted by molar-refractivity contribution is 7.99. The van der Waals surface area contributed by atoms with Gasteiger partial charge in [-0.2, -0.15) is 0 Å². The maximum absolute atomic E-state index is 12.6. The number of H-pyrrole nitrogens is 1. The van der Waals surface area contributed by atoms with Crippen molar-refractivity contribution in [3.63, 3.8) is 0 Å². The van der Waals surface area contributed by atoms with E-state index in [4.69, 9.17) is 4.74 Å². The minimum absolute atomic E-state index is 0.133. The first-order chi connectivity index (χ1) is 13.6. The van der Waals surface area contributed by atoms with Crippen LogP contribution < -0.4 is 0 Å². The van der Waals surface area contributed by atoms with Crippen molar-refractivity contribution < 1.29 is 9.38 Å². The maximum Gasteiger partial charge on any atom is 0.166 e. The monoisotopic (exact) mass is 416 g/mol. The van der Waals surface area contributed by atoms with E-state index in [2.05, 4.69) is 21.9 Å². The molecular weight excluding hydrogens is 392 g/mol. The Labute approximate surface area is 173 Å². The Kier molecular flexibility index (Phi) is 6.22. The molecule has 1 aliphatic rings. The van der Waals surface area contributed by atoms with Gasteiger partial charge in [0.1, 0.15) is 13.1 Å². The number of imidazole rings is 1. The number of nitrogens with zero attached hydrogens (tertiary/aromatic N) is 3. The predicted octanol–water partition coefficient (Wildman–Crippen LogP) is 4.00. The number of benzene rings is 1. The van der Waals surface area contributed by atoms with Gasteiger partial charge in [0.25, 0.3) is 0 Å². The molecule has 148 valence electrons. The maximum atomic E-state index is 12.6. The van der Waals surface area contributed by atoms with Crippen LogP contribution in [-0.4, -0.2) is 58.2 Å². The number of thioether (sulfide) groups is 2. The van der Waals surface area contributed by atoms with E-state index in [0.717, 1.165) is 33.4 Å². The molecule has 3 heterocycles. The highest BCUT2D eigenvalue weighted by Crippen LogP contribution is 2.28. The van der Waals surface area contributed by atoms with Crippen LogP contribution in [0, 0.1) is 12.1 Å². The molecule has 3 aromatic rings. The number of aromatic amines is 1. The molecule has 0 aliphatic carbocycles. The molecular formula is C20H24N4O2S2. The fraction of sp³-hybridized carbons (Fsp3) is 0.400. The summed E-state index contributed by atoms with van der Waals surface area (Å²) in [6.07, 6.45) is 1.86. The summed E-state index contributed by atoms with van der Waals surface area (Å²) in [7, 11) is 0. The Balaban J connectivity index is 1.36. The van der Waals surface area contributed by atoms with Crippen molar-refractivity contribution in [2.24, 2.45) is 0 Å². The molecule has 6 nitrogen and oxygen atoms in total. The molecule has 4 rings (SSSR count). The molecule has 1 aromatic carbocycles. The summed E-state index contributed by atoms with van der Waals surface area (Å²) in [4.78, 5) is 13.7. The smallest absolute Gasteiger partial charge is 0.166 e. The number of fused-ring (bicyclic) bond motifs is 1. The molecule has 0 spiro atoms. The number of pyridine rings is 1. The van der Waals surface area contributed by atoms with E-state index in [0.29, 0.717) is 32.8 Å². The number of hydrogen-bond acceptors (Lipinski definition) is 6. The van der Waals surface area contributed by atoms with Crippen molar-refractivity contribution in [1.82, 2.24) is 15.0 Å². The molecule has 1 fully saturated rings. The largest absolute Gasteiger partial charge is 0.633 e. The molecule has 0 radical (unpaired) electrons. The van der Waals surface area contributed by atoms with Gasteiger partial charge >= 0.3 is 0 Å². The minimum atomic E-state index is -0.133. The Hall–Kier alpha value is -1.58. The van der Waals surface area contributed by atoms with Crippen LogP contribution in [0.1, 0.15) is 11.3 Å². The van der Waals surface area contributed by atoms with Gasteiger partial charge in [-0.3, -0.25) is 4.98 Å². The van der Waals surface area contributed by atoms with Crippen LogP contribution in [-0.2, 0) is 10.5 Å². The van der Waals surface area contributed by atoms with Crippen LogP contribution in [0.2, 0.25) is 0 Å². The Bertz CT molecular complexity index is 908. The first-order valence-electron chi connectivity index (χ1n) is 9.43. The van der Waals surface area contributed by atoms with Gasteiger partial charge in [0.15, 0.2) is 5.16 Å². The lowest BCUT2D eigenvalue weighted by Gasteiger charge is -2.45. The number of quaternary nitrogens is 1. The number of aromatic nitrogens is 3. The van der Waals surface area contributed by atoms with Crippen molar-refractivity contribution in [1.29, 1.82) is 0 Å². The third-order valence-corrected chi connectivity index (χ3v) is 7.04. The first kappa shape index (κ1) is 19.7. The molecule has 0 bridgehead atoms. The number of ether oxygens (including phenoxy) is 1. The second kappa shape index (κ2) is 8.84. The SMILES string of the molecule is Cc1c(SCC[N+]2([O-])CCOCC2)ccnc1CSc1nc2ccccc2[nH]1. The van der Waals surface area contributed by atoms with Gasteiger partial charge in [-0.15, -0.1) is 11.8 Å². The number of morpholine rings is 1. The fourth-order valence-electron chi connectivity index (χ4n) is 3.22. The van der Waals surface area contributed by atoms with Gasteiger partial charge in [0.2, 0.25) is 0 Å². The van der Waals surface area contributed by atoms with Gasteiger partial charge in [0, 0.05) is 22.6 Å². The summed E-state index contributed by atoms with van der Waals surface area (Å²) < 4.78 is 5.17. The second-order valence-corrected chi connectivity index (χ2v) is 9.02. The normalized spacial score (nSPS) is 16.5. The van der Waals surface area contributed by atoms with Crippen LogP contribution >= 0.6 is 23.5 Å². The molecule has 1 N–H and O–H groups in total. The number of hydrogen-bond donors (Lipinski definition) is 1. The number of rotatable bonds is 7. The van der Waals surface area contributed by atoms with E-state index >= 15 is 0 Å². The summed E-state index contributed by atoms with van der Waals surface area (Å²) >= 11 is 3.41. The number of hydroxylamine groups is 3. The molecule has 2 aromatic heterocycles. The van der Waals surface area contributed by atoms with Crippen LogP contribution in [0.15, 0.2) is 46.6 Å². The molecule has 0 amide bonds. The Morgan fingerprint density at radius 3 is 2.82 bits per heavy atom. The average molecular weight is 417 g/mol. The van der Waals surface area contributed by atoms with Crippen molar-refractivity contribution in [2.75, 3.05) is 38.6 Å². The first-order valence-corrected chi connectivity index (χ1v) is 11.4. The van der Waals surface area contributed by atoms with E-state index in [1.54, 1.807) is 23.5 Å². The van der Waals surface area contributed by atoms with E-state index in [-0.39, 0.29) is 4.65 Å². The van der Waals surface area contributed by atoms with E-state index in [9.17, 15) is 5.21 Å². The molecule has 8 heteroatoms. The van der Waals surface area contributed by atoms with Crippen LogP contribution in [0.5, 0.6) is 0 Å². The molecule has 0 saturated carbocycles. The van der Waals surface area contributed by atoms with Crippen LogP contribution in [0.3, 0.4) is 0 Å². The Morgan fingerprint density at radius 2 is 2.00 bits per heavy atom. The van der Waals surface area contributed by atoms with Gasteiger partial charge in [-0.05, 0) is 30.7 Å². The van der Waals surface area contributed by atoms with Gasteiger partial charge in [-0.1, -0.05) is 23.9 Å². The highest BCUT2D eigenvalue weighted by atomic mass is 32.2. The zero-order chi connectivity index (χ0) is 19.4. The topological polar surface area (TPSA) is 73.9 Å². The molecule has 28 heavy (non-hydrogen) atoms. The lowest BCUT2D eigenvalue weighted by atomic mass is 10.2. The Morgan fingerprint density at radius 1 is 1.18 bits per heavy atom. The molecule has 1 aliphatic heterocycles. The van der Waals surface area contributed by atoms with Gasteiger partial charge in [0.05, 0.1) is 36.5 Å². The summed E-state index contributed by atoms with van der Waals surface area (Å²) in [5.41, 5.74) is 4.29. The van der Waals surface area contributed by atoms with Gasteiger partial charge in [-0.25, -0.2) is 4.98 Å². The van der Waals surface area contributed by atoms with Crippen molar-refractivity contribution in [3.8, 4) is 0 Å². The molecule has 0 atom stereocenters. The van der Waals surface area contributed by atoms with Crippen LogP contribution in [0.25, 0.3) is 11.0 Å². The lowest BCUT2D eigenvalue weighted by Crippen LogP contribution is -2.51. The van der Waals surface area contributed by atoms with Crippen molar-refractivity contribution >= 4 is 34.6 Å². The number of nitrogens with one attached hydrogen (secondary N) is 1. The average Bonchev–Trinajstić information content (AvgIpc) is 3.12. The van der Waals surface area contributed by atoms with Crippen molar-refractivity contribution in [3.05, 3.63) is 53.0 Å². The predicted molar refractivity (Wildman–Crippen MR) is 114 cm³/mol. The summed E-state index contributed by atoms with van der Waals surface area (Å²) in [6, 6.07) is 10.1. The van der Waals surface area contributed by atoms with E-state index in [1.807, 2.05) is 36.5 Å². The third-order valence-electron chi connectivity index (χ3n) is 5.01. The second-order valence-electron chi connectivity index (χ2n) is 6.92. The lowest BCUT2D eigenvalue weighted by molar-refractivity contribution is -0.886. The summed E-state index contributed by atoms with van der Waals surface area (Å²) in [5, 5.41) is 13.5. The zero-order valence-electron chi connectivity index (χ0n) is 15.9. The molecule has 1 saturated heterocycles. The highest BCUT2D eigenvalue weighted by Gasteiger charge is 2.21. The standard InChI is InChI=1S/C20H24N4O2S2/c1-15-18(14-28-20-22-16-4-2-3-5-17(16)23-20)21-7-6-19(15)27-13-10-24(25)8-11-26-12-9-24/h2-7H,8-14H2,1H3,(H,22,23). The summed E-state index contributed by atoms with van der Waals surface area (Å²) in [6.45, 7) is 5.01. The van der Waals surface area contributed by atoms with E-state index < -0.39 is 0 Å². The quantitative estimate of drug-likeness (QED) is 0.357. The van der Waals surface area contributed by atoms with Crippen LogP contribution in [0.4, 0.5) is 0 Å². The summed E-state index contributed by atoms with van der Waals surface area (Å²) in [5.74, 6) is 1.57.